The minimum Gasteiger partial charge on any atom is -0.338 e. The molecular formula is C13H15ClN2O. The van der Waals surface area contributed by atoms with Crippen molar-refractivity contribution >= 4 is 23.3 Å². The van der Waals surface area contributed by atoms with Gasteiger partial charge in [-0.25, -0.2) is 4.79 Å². The van der Waals surface area contributed by atoms with Gasteiger partial charge in [0, 0.05) is 23.7 Å². The standard InChI is InChI=1S/C13H15ClN2O/c1-2-5-11-6-3-7-12(10-11)16-13(17)15-9-4-8-14/h3,6-7,10H,4,8-9H2,1H3,(H2,15,16,17). The molecule has 1 rings (SSSR count). The lowest BCUT2D eigenvalue weighted by Crippen LogP contribution is -2.29. The van der Waals surface area contributed by atoms with Gasteiger partial charge < -0.3 is 10.6 Å². The molecule has 0 aliphatic rings. The number of amides is 2. The topological polar surface area (TPSA) is 41.1 Å². The highest BCUT2D eigenvalue weighted by Crippen LogP contribution is 2.09. The van der Waals surface area contributed by atoms with Crippen LogP contribution in [0.2, 0.25) is 0 Å². The molecule has 0 bridgehead atoms. The first-order chi connectivity index (χ1) is 8.26. The number of hydrogen-bond acceptors (Lipinski definition) is 1. The predicted molar refractivity (Wildman–Crippen MR) is 71.4 cm³/mol. The Kier molecular flexibility index (Phi) is 5.98. The highest BCUT2D eigenvalue weighted by molar-refractivity contribution is 6.17. The van der Waals surface area contributed by atoms with Crippen LogP contribution in [0.1, 0.15) is 18.9 Å². The number of hydrogen-bond donors (Lipinski definition) is 2. The summed E-state index contributed by atoms with van der Waals surface area (Å²) >= 11 is 5.51. The largest absolute Gasteiger partial charge is 0.338 e. The van der Waals surface area contributed by atoms with Crippen molar-refractivity contribution in [2.45, 2.75) is 13.3 Å². The molecule has 90 valence electrons. The number of carbonyl (C=O) groups is 1. The first kappa shape index (κ1) is 13.4. The Hall–Kier alpha value is -1.66. The molecule has 0 aliphatic heterocycles. The van der Waals surface area contributed by atoms with Crippen LogP contribution in [0.4, 0.5) is 10.5 Å². The van der Waals surface area contributed by atoms with E-state index in [0.29, 0.717) is 12.4 Å². The Morgan fingerprint density at radius 1 is 1.47 bits per heavy atom. The molecule has 0 aromatic heterocycles. The number of carbonyl (C=O) groups excluding carboxylic acids is 1. The van der Waals surface area contributed by atoms with E-state index in [0.717, 1.165) is 17.7 Å². The van der Waals surface area contributed by atoms with Gasteiger partial charge in [0.25, 0.3) is 0 Å². The van der Waals surface area contributed by atoms with Crippen molar-refractivity contribution in [3.63, 3.8) is 0 Å². The van der Waals surface area contributed by atoms with Gasteiger partial charge in [0.1, 0.15) is 0 Å². The number of rotatable bonds is 4. The van der Waals surface area contributed by atoms with Gasteiger partial charge in [-0.1, -0.05) is 12.0 Å². The second-order valence-electron chi connectivity index (χ2n) is 3.38. The highest BCUT2D eigenvalue weighted by Gasteiger charge is 2.00. The number of benzene rings is 1. The fourth-order valence-corrected chi connectivity index (χ4v) is 1.40. The molecule has 0 spiro atoms. The third kappa shape index (κ3) is 5.28. The summed E-state index contributed by atoms with van der Waals surface area (Å²) in [5.74, 6) is 6.29. The fraction of sp³-hybridized carbons (Fsp3) is 0.308. The maximum atomic E-state index is 11.5. The van der Waals surface area contributed by atoms with Gasteiger partial charge in [-0.2, -0.15) is 0 Å². The van der Waals surface area contributed by atoms with Gasteiger partial charge in [-0.05, 0) is 31.5 Å². The van der Waals surface area contributed by atoms with Crippen molar-refractivity contribution in [3.05, 3.63) is 29.8 Å². The molecule has 3 nitrogen and oxygen atoms in total. The van der Waals surface area contributed by atoms with Crippen molar-refractivity contribution in [3.8, 4) is 11.8 Å². The van der Waals surface area contributed by atoms with E-state index in [4.69, 9.17) is 11.6 Å². The number of halogens is 1. The molecule has 0 heterocycles. The lowest BCUT2D eigenvalue weighted by molar-refractivity contribution is 0.252. The first-order valence-electron chi connectivity index (χ1n) is 5.40. The Bertz CT molecular complexity index is 435. The zero-order chi connectivity index (χ0) is 12.5. The summed E-state index contributed by atoms with van der Waals surface area (Å²) in [5, 5.41) is 5.45. The van der Waals surface area contributed by atoms with Crippen molar-refractivity contribution in [2.75, 3.05) is 17.7 Å². The van der Waals surface area contributed by atoms with Crippen LogP contribution in [0.15, 0.2) is 24.3 Å². The van der Waals surface area contributed by atoms with E-state index in [1.54, 1.807) is 6.92 Å². The summed E-state index contributed by atoms with van der Waals surface area (Å²) in [5.41, 5.74) is 1.61. The maximum absolute atomic E-state index is 11.5. The number of anilines is 1. The van der Waals surface area contributed by atoms with Crippen LogP contribution in [0, 0.1) is 11.8 Å². The number of nitrogens with one attached hydrogen (secondary N) is 2. The Morgan fingerprint density at radius 3 is 3.00 bits per heavy atom. The van der Waals surface area contributed by atoms with E-state index in [-0.39, 0.29) is 6.03 Å². The first-order valence-corrected chi connectivity index (χ1v) is 5.93. The summed E-state index contributed by atoms with van der Waals surface area (Å²) in [6.07, 6.45) is 0.760. The van der Waals surface area contributed by atoms with Gasteiger partial charge in [-0.3, -0.25) is 0 Å². The molecule has 2 amide bonds. The lowest BCUT2D eigenvalue weighted by Gasteiger charge is -2.06. The summed E-state index contributed by atoms with van der Waals surface area (Å²) in [4.78, 5) is 11.5. The zero-order valence-corrected chi connectivity index (χ0v) is 10.5. The van der Waals surface area contributed by atoms with Gasteiger partial charge in [-0.15, -0.1) is 17.5 Å². The van der Waals surface area contributed by atoms with E-state index in [9.17, 15) is 4.79 Å². The lowest BCUT2D eigenvalue weighted by atomic mass is 10.2. The molecule has 1 aromatic rings. The number of alkyl halides is 1. The van der Waals surface area contributed by atoms with Crippen LogP contribution in [-0.4, -0.2) is 18.5 Å². The molecule has 0 saturated heterocycles. The monoisotopic (exact) mass is 250 g/mol. The van der Waals surface area contributed by atoms with E-state index >= 15 is 0 Å². The molecule has 0 fully saturated rings. The molecule has 17 heavy (non-hydrogen) atoms. The van der Waals surface area contributed by atoms with Crippen molar-refractivity contribution in [1.29, 1.82) is 0 Å². The molecule has 2 N–H and O–H groups in total. The molecule has 0 unspecified atom stereocenters. The van der Waals surface area contributed by atoms with E-state index in [1.807, 2.05) is 24.3 Å². The van der Waals surface area contributed by atoms with Crippen LogP contribution < -0.4 is 10.6 Å². The Labute approximate surface area is 107 Å². The van der Waals surface area contributed by atoms with Crippen LogP contribution in [0.25, 0.3) is 0 Å². The minimum absolute atomic E-state index is 0.225. The SMILES string of the molecule is CC#Cc1cccc(NC(=O)NCCCCl)c1. The summed E-state index contributed by atoms with van der Waals surface area (Å²) in [6.45, 7) is 2.35. The molecule has 0 atom stereocenters. The van der Waals surface area contributed by atoms with Crippen LogP contribution in [0.5, 0.6) is 0 Å². The van der Waals surface area contributed by atoms with E-state index in [2.05, 4.69) is 22.5 Å². The normalized spacial score (nSPS) is 9.06. The maximum Gasteiger partial charge on any atom is 0.319 e. The van der Waals surface area contributed by atoms with E-state index in [1.165, 1.54) is 0 Å². The fourth-order valence-electron chi connectivity index (χ4n) is 1.26. The highest BCUT2D eigenvalue weighted by atomic mass is 35.5. The molecule has 4 heteroatoms. The second-order valence-corrected chi connectivity index (χ2v) is 3.76. The summed E-state index contributed by atoms with van der Waals surface area (Å²) < 4.78 is 0. The average molecular weight is 251 g/mol. The third-order valence-corrected chi connectivity index (χ3v) is 2.25. The Morgan fingerprint density at radius 2 is 2.29 bits per heavy atom. The third-order valence-electron chi connectivity index (χ3n) is 1.99. The molecular weight excluding hydrogens is 236 g/mol. The van der Waals surface area contributed by atoms with Crippen LogP contribution >= 0.6 is 11.6 Å². The van der Waals surface area contributed by atoms with E-state index < -0.39 is 0 Å². The van der Waals surface area contributed by atoms with Crippen molar-refractivity contribution < 1.29 is 4.79 Å². The van der Waals surface area contributed by atoms with Gasteiger partial charge in [0.05, 0.1) is 0 Å². The molecule has 0 aliphatic carbocycles. The van der Waals surface area contributed by atoms with Gasteiger partial charge in [0.2, 0.25) is 0 Å². The van der Waals surface area contributed by atoms with Crippen LogP contribution in [0.3, 0.4) is 0 Å². The number of urea groups is 1. The predicted octanol–water partition coefficient (Wildman–Crippen LogP) is 2.81. The molecule has 0 saturated carbocycles. The van der Waals surface area contributed by atoms with Gasteiger partial charge in [0.15, 0.2) is 0 Å². The second kappa shape index (κ2) is 7.59. The minimum atomic E-state index is -0.225. The summed E-state index contributed by atoms with van der Waals surface area (Å²) in [7, 11) is 0. The molecule has 0 radical (unpaired) electrons. The Balaban J connectivity index is 2.52. The summed E-state index contributed by atoms with van der Waals surface area (Å²) in [6, 6.07) is 7.18. The zero-order valence-electron chi connectivity index (χ0n) is 9.72. The van der Waals surface area contributed by atoms with Gasteiger partial charge >= 0.3 is 6.03 Å². The van der Waals surface area contributed by atoms with Crippen molar-refractivity contribution in [2.24, 2.45) is 0 Å². The van der Waals surface area contributed by atoms with Crippen molar-refractivity contribution in [1.82, 2.24) is 5.32 Å². The average Bonchev–Trinajstić information content (AvgIpc) is 2.30. The molecule has 1 aromatic carbocycles. The van der Waals surface area contributed by atoms with Crippen LogP contribution in [-0.2, 0) is 0 Å². The smallest absolute Gasteiger partial charge is 0.319 e. The quantitative estimate of drug-likeness (QED) is 0.482.